The largest absolute Gasteiger partial charge is 0.395 e. The minimum atomic E-state index is -1.62. The quantitative estimate of drug-likeness (QED) is 0.365. The number of benzene rings is 2. The lowest BCUT2D eigenvalue weighted by Crippen LogP contribution is -2.55. The molecule has 1 unspecified atom stereocenters. The number of nitrogens with zero attached hydrogens (tertiary/aromatic N) is 3. The Kier molecular flexibility index (Phi) is 7.55. The van der Waals surface area contributed by atoms with Crippen LogP contribution in [0.5, 0.6) is 0 Å². The fourth-order valence-electron chi connectivity index (χ4n) is 3.81. The fraction of sp³-hybridized carbons (Fsp3) is 0.364. The van der Waals surface area contributed by atoms with E-state index in [2.05, 4.69) is 10.3 Å². The maximum absolute atomic E-state index is 13.6. The summed E-state index contributed by atoms with van der Waals surface area (Å²) in [6.45, 7) is -0.819. The average molecular weight is 497 g/mol. The van der Waals surface area contributed by atoms with Gasteiger partial charge in [0, 0.05) is 5.56 Å². The van der Waals surface area contributed by atoms with Gasteiger partial charge in [-0.3, -0.25) is 0 Å². The highest BCUT2D eigenvalue weighted by atomic mass is 32.2. The number of rotatable bonds is 7. The highest BCUT2D eigenvalue weighted by Gasteiger charge is 2.47. The Morgan fingerprint density at radius 2 is 1.71 bits per heavy atom. The van der Waals surface area contributed by atoms with Gasteiger partial charge in [0.2, 0.25) is 0 Å². The van der Waals surface area contributed by atoms with Crippen LogP contribution in [0.1, 0.15) is 16.9 Å². The fourth-order valence-corrected chi connectivity index (χ4v) is 5.06. The molecule has 4 rings (SSSR count). The first-order valence-corrected chi connectivity index (χ1v) is 11.3. The summed E-state index contributed by atoms with van der Waals surface area (Å²) in [6.07, 6.45) is -2.62. The number of aromatic nitrogens is 3. The van der Waals surface area contributed by atoms with E-state index < -0.39 is 59.1 Å². The van der Waals surface area contributed by atoms with Gasteiger partial charge in [-0.15, -0.1) is 16.9 Å². The highest BCUT2D eigenvalue weighted by molar-refractivity contribution is 8.00. The van der Waals surface area contributed by atoms with Gasteiger partial charge in [0.1, 0.15) is 35.5 Å². The molecule has 8 nitrogen and oxygen atoms in total. The second kappa shape index (κ2) is 10.4. The van der Waals surface area contributed by atoms with E-state index in [4.69, 9.17) is 4.74 Å². The van der Waals surface area contributed by atoms with E-state index in [-0.39, 0.29) is 17.9 Å². The highest BCUT2D eigenvalue weighted by Crippen LogP contribution is 2.41. The van der Waals surface area contributed by atoms with Crippen LogP contribution in [0, 0.1) is 17.5 Å². The van der Waals surface area contributed by atoms with Crippen LogP contribution in [-0.4, -0.2) is 72.4 Å². The van der Waals surface area contributed by atoms with Crippen LogP contribution >= 0.6 is 11.8 Å². The van der Waals surface area contributed by atoms with Crippen molar-refractivity contribution >= 4 is 11.8 Å². The Hall–Kier alpha value is -2.48. The van der Waals surface area contributed by atoms with Crippen molar-refractivity contribution in [1.82, 2.24) is 15.0 Å². The minimum Gasteiger partial charge on any atom is -0.395 e. The van der Waals surface area contributed by atoms with Crippen LogP contribution in [-0.2, 0) is 4.74 Å². The van der Waals surface area contributed by atoms with E-state index in [1.54, 1.807) is 12.1 Å². The zero-order valence-corrected chi connectivity index (χ0v) is 18.4. The molecule has 12 heteroatoms. The van der Waals surface area contributed by atoms with Crippen molar-refractivity contribution in [3.8, 4) is 11.3 Å². The summed E-state index contributed by atoms with van der Waals surface area (Å²) in [5.74, 6) is -4.42. The molecule has 0 bridgehead atoms. The van der Waals surface area contributed by atoms with E-state index >= 15 is 0 Å². The van der Waals surface area contributed by atoms with Crippen molar-refractivity contribution in [2.45, 2.75) is 35.0 Å². The maximum atomic E-state index is 13.6. The second-order valence-electron chi connectivity index (χ2n) is 7.75. The van der Waals surface area contributed by atoms with Crippen LogP contribution in [0.2, 0.25) is 0 Å². The molecule has 0 aliphatic carbocycles. The zero-order valence-electron chi connectivity index (χ0n) is 17.6. The second-order valence-corrected chi connectivity index (χ2v) is 9.06. The summed E-state index contributed by atoms with van der Waals surface area (Å²) in [4.78, 5) is 0. The third-order valence-electron chi connectivity index (χ3n) is 5.58. The van der Waals surface area contributed by atoms with E-state index in [1.807, 2.05) is 18.2 Å². The molecule has 2 aromatic carbocycles. The van der Waals surface area contributed by atoms with E-state index in [9.17, 15) is 33.6 Å². The predicted molar refractivity (Wildman–Crippen MR) is 116 cm³/mol. The molecule has 1 aromatic heterocycles. The van der Waals surface area contributed by atoms with Crippen LogP contribution in [0.4, 0.5) is 13.2 Å². The van der Waals surface area contributed by atoms with Gasteiger partial charge in [-0.1, -0.05) is 35.5 Å². The summed E-state index contributed by atoms with van der Waals surface area (Å²) in [6, 6.07) is 9.41. The van der Waals surface area contributed by atoms with Crippen LogP contribution in [0.3, 0.4) is 0 Å². The number of halogens is 3. The number of aliphatic hydroxyl groups excluding tert-OH is 4. The smallest absolute Gasteiger partial charge is 0.194 e. The number of ether oxygens (including phenoxy) is 1. The van der Waals surface area contributed by atoms with E-state index in [0.29, 0.717) is 0 Å². The number of thioether (sulfide) groups is 1. The molecule has 1 aliphatic rings. The molecule has 1 fully saturated rings. The maximum Gasteiger partial charge on any atom is 0.194 e. The standard InChI is InChI=1S/C22H22F3N3O5S/c23-13-6-12(7-14(24)18(13)25)15-8-28(27-26-15)19-20(31)16(9-29)33-22(21(19)32)34-17(10-30)11-4-2-1-3-5-11/h1-8,16-17,19-22,29-32H,9-10H2/t16-,17?,19+,20+,21-,22+/m1/s1. The lowest BCUT2D eigenvalue weighted by atomic mass is 9.97. The van der Waals surface area contributed by atoms with E-state index in [0.717, 1.165) is 34.1 Å². The summed E-state index contributed by atoms with van der Waals surface area (Å²) < 4.78 is 47.4. The van der Waals surface area contributed by atoms with Crippen LogP contribution in [0.15, 0.2) is 48.7 Å². The predicted octanol–water partition coefficient (Wildman–Crippen LogP) is 1.81. The summed E-state index contributed by atoms with van der Waals surface area (Å²) in [5, 5.41) is 48.6. The molecule has 0 saturated carbocycles. The molecule has 4 N–H and O–H groups in total. The topological polar surface area (TPSA) is 121 Å². The number of hydrogen-bond donors (Lipinski definition) is 4. The molecule has 0 amide bonds. The van der Waals surface area contributed by atoms with Gasteiger partial charge in [-0.05, 0) is 17.7 Å². The van der Waals surface area contributed by atoms with Crippen molar-refractivity contribution in [3.63, 3.8) is 0 Å². The molecule has 1 saturated heterocycles. The SMILES string of the molecule is OCC(S[C@@H]1O[C@H](CO)[C@H](O)[C@H](n2cc(-c3cc(F)c(F)c(F)c3)nn2)[C@H]1O)c1ccccc1. The average Bonchev–Trinajstić information content (AvgIpc) is 3.32. The molecule has 6 atom stereocenters. The molecular weight excluding hydrogens is 475 g/mol. The molecule has 182 valence electrons. The molecular formula is C22H22F3N3O5S. The van der Waals surface area contributed by atoms with Gasteiger partial charge < -0.3 is 25.2 Å². The molecule has 1 aliphatic heterocycles. The van der Waals surface area contributed by atoms with Crippen molar-refractivity contribution in [2.24, 2.45) is 0 Å². The zero-order chi connectivity index (χ0) is 24.4. The molecule has 2 heterocycles. The van der Waals surface area contributed by atoms with Crippen molar-refractivity contribution in [3.05, 3.63) is 71.7 Å². The van der Waals surface area contributed by atoms with E-state index in [1.165, 1.54) is 6.20 Å². The summed E-state index contributed by atoms with van der Waals surface area (Å²) >= 11 is 1.11. The van der Waals surface area contributed by atoms with Gasteiger partial charge in [0.05, 0.1) is 24.7 Å². The van der Waals surface area contributed by atoms with Gasteiger partial charge in [0.15, 0.2) is 17.5 Å². The van der Waals surface area contributed by atoms with Gasteiger partial charge in [-0.25, -0.2) is 17.9 Å². The van der Waals surface area contributed by atoms with Gasteiger partial charge in [-0.2, -0.15) is 0 Å². The Morgan fingerprint density at radius 3 is 2.32 bits per heavy atom. The van der Waals surface area contributed by atoms with Crippen molar-refractivity contribution < 1.29 is 38.3 Å². The Labute approximate surface area is 196 Å². The Bertz CT molecular complexity index is 1100. The molecule has 34 heavy (non-hydrogen) atoms. The van der Waals surface area contributed by atoms with Crippen LogP contribution < -0.4 is 0 Å². The van der Waals surface area contributed by atoms with Crippen molar-refractivity contribution in [2.75, 3.05) is 13.2 Å². The Balaban J connectivity index is 1.62. The first-order valence-electron chi connectivity index (χ1n) is 10.3. The third kappa shape index (κ3) is 4.83. The normalized spacial score (nSPS) is 25.9. The molecule has 0 radical (unpaired) electrons. The third-order valence-corrected chi connectivity index (χ3v) is 6.99. The molecule has 0 spiro atoms. The monoisotopic (exact) mass is 497 g/mol. The van der Waals surface area contributed by atoms with Gasteiger partial charge in [0.25, 0.3) is 0 Å². The summed E-state index contributed by atoms with van der Waals surface area (Å²) in [5.41, 5.74) is -0.299. The molecule has 3 aromatic rings. The minimum absolute atomic E-state index is 0.0223. The first kappa shape index (κ1) is 24.6. The lowest BCUT2D eigenvalue weighted by Gasteiger charge is -2.42. The summed E-state index contributed by atoms with van der Waals surface area (Å²) in [7, 11) is 0. The number of aliphatic hydroxyl groups is 4. The number of hydrogen-bond acceptors (Lipinski definition) is 8. The lowest BCUT2D eigenvalue weighted by molar-refractivity contribution is -0.178. The Morgan fingerprint density at radius 1 is 1.03 bits per heavy atom. The van der Waals surface area contributed by atoms with Crippen molar-refractivity contribution in [1.29, 1.82) is 0 Å². The van der Waals surface area contributed by atoms with Gasteiger partial charge >= 0.3 is 0 Å². The first-order chi connectivity index (χ1) is 16.3. The van der Waals surface area contributed by atoms with Crippen LogP contribution in [0.25, 0.3) is 11.3 Å².